The minimum atomic E-state index is -1.02. The van der Waals surface area contributed by atoms with Gasteiger partial charge in [-0.2, -0.15) is 0 Å². The molecule has 0 saturated heterocycles. The molecule has 3 aromatic rings. The minimum absolute atomic E-state index is 0.0979. The van der Waals surface area contributed by atoms with Gasteiger partial charge in [-0.1, -0.05) is 12.1 Å². The third-order valence-electron chi connectivity index (χ3n) is 8.59. The van der Waals surface area contributed by atoms with Crippen LogP contribution in [0.4, 0.5) is 11.4 Å². The number of benzene rings is 3. The second-order valence-corrected chi connectivity index (χ2v) is 12.1. The first-order valence-electron chi connectivity index (χ1n) is 15.9. The fraction of sp³-hybridized carbons (Fsp3) is 0.417. The van der Waals surface area contributed by atoms with Crippen LogP contribution < -0.4 is 19.1 Å². The smallest absolute Gasteiger partial charge is 0.311 e. The maximum atomic E-state index is 12.5. The number of methoxy groups -OCH3 is 2. The first kappa shape index (κ1) is 35.3. The number of ether oxygens (including phenoxy) is 7. The molecule has 49 heavy (non-hydrogen) atoms. The first-order chi connectivity index (χ1) is 23.5. The van der Waals surface area contributed by atoms with Crippen molar-refractivity contribution in [1.29, 1.82) is 0 Å². The summed E-state index contributed by atoms with van der Waals surface area (Å²) in [7, 11) is 4.93. The molecule has 1 atom stereocenters. The summed E-state index contributed by atoms with van der Waals surface area (Å²) in [4.78, 5) is 55.6. The summed E-state index contributed by atoms with van der Waals surface area (Å²) in [6, 6.07) is 14.4. The number of anilines is 1. The Hall–Kier alpha value is -5.01. The van der Waals surface area contributed by atoms with E-state index in [1.165, 1.54) is 14.2 Å². The molecule has 0 aromatic heterocycles. The summed E-state index contributed by atoms with van der Waals surface area (Å²) in [5, 5.41) is 1.59. The van der Waals surface area contributed by atoms with Crippen molar-refractivity contribution in [3.8, 4) is 17.2 Å². The van der Waals surface area contributed by atoms with Crippen molar-refractivity contribution in [3.63, 3.8) is 0 Å². The highest BCUT2D eigenvalue weighted by Crippen LogP contribution is 2.55. The van der Waals surface area contributed by atoms with Crippen molar-refractivity contribution in [2.75, 3.05) is 52.6 Å². The van der Waals surface area contributed by atoms with Crippen LogP contribution in [0, 0.1) is 0 Å². The van der Waals surface area contributed by atoms with Crippen molar-refractivity contribution in [2.24, 2.45) is 4.99 Å². The highest BCUT2D eigenvalue weighted by Gasteiger charge is 2.58. The van der Waals surface area contributed by atoms with E-state index in [9.17, 15) is 19.2 Å². The summed E-state index contributed by atoms with van der Waals surface area (Å²) in [5.41, 5.74) is 0.652. The summed E-state index contributed by atoms with van der Waals surface area (Å²) < 4.78 is 37.6. The van der Waals surface area contributed by atoms with Gasteiger partial charge in [0.1, 0.15) is 36.1 Å². The fourth-order valence-electron chi connectivity index (χ4n) is 5.89. The van der Waals surface area contributed by atoms with Crippen molar-refractivity contribution in [2.45, 2.75) is 50.7 Å². The van der Waals surface area contributed by atoms with Gasteiger partial charge in [-0.3, -0.25) is 24.2 Å². The lowest BCUT2D eigenvalue weighted by Crippen LogP contribution is -2.61. The average molecular weight is 677 g/mol. The Morgan fingerprint density at radius 1 is 0.735 bits per heavy atom. The Bertz CT molecular complexity index is 1770. The Morgan fingerprint density at radius 3 is 1.90 bits per heavy atom. The summed E-state index contributed by atoms with van der Waals surface area (Å²) >= 11 is 0. The molecule has 0 aliphatic carbocycles. The first-order valence-corrected chi connectivity index (χ1v) is 15.9. The molecule has 1 unspecified atom stereocenters. The van der Waals surface area contributed by atoms with Crippen molar-refractivity contribution in [3.05, 3.63) is 54.1 Å². The molecule has 2 aliphatic heterocycles. The predicted molar refractivity (Wildman–Crippen MR) is 179 cm³/mol. The molecule has 1 spiro atoms. The zero-order valence-corrected chi connectivity index (χ0v) is 28.2. The molecular weight excluding hydrogens is 636 g/mol. The zero-order valence-electron chi connectivity index (χ0n) is 28.2. The highest BCUT2D eigenvalue weighted by molar-refractivity contribution is 6.00. The van der Waals surface area contributed by atoms with E-state index < -0.39 is 35.0 Å². The molecule has 2 aliphatic rings. The van der Waals surface area contributed by atoms with Crippen LogP contribution in [-0.2, 0) is 43.5 Å². The van der Waals surface area contributed by atoms with Gasteiger partial charge in [0.15, 0.2) is 0 Å². The molecule has 0 fully saturated rings. The zero-order chi connectivity index (χ0) is 35.2. The van der Waals surface area contributed by atoms with Gasteiger partial charge in [-0.25, -0.2) is 0 Å². The second-order valence-electron chi connectivity index (χ2n) is 12.1. The maximum absolute atomic E-state index is 12.5. The van der Waals surface area contributed by atoms with E-state index in [4.69, 9.17) is 38.2 Å². The molecule has 5 rings (SSSR count). The van der Waals surface area contributed by atoms with Crippen LogP contribution >= 0.6 is 0 Å². The highest BCUT2D eigenvalue weighted by atomic mass is 16.6. The SMILES string of the molecule is COCCOC(=O)CCC(=O)Oc1ccc2c(c1)C(C)(C)C1(C=Nc3c(ccc4ccc(OC(=O)CCC(=O)OCCOC)cc34)O1)N2C. The van der Waals surface area contributed by atoms with E-state index in [2.05, 4.69) is 0 Å². The van der Waals surface area contributed by atoms with E-state index in [0.29, 0.717) is 22.9 Å². The number of aliphatic imine (C=N–C) groups is 1. The van der Waals surface area contributed by atoms with Gasteiger partial charge in [-0.05, 0) is 61.2 Å². The Labute approximate surface area is 284 Å². The van der Waals surface area contributed by atoms with Gasteiger partial charge in [0.05, 0.1) is 50.5 Å². The topological polar surface area (TPSA) is 148 Å². The molecule has 0 saturated carbocycles. The van der Waals surface area contributed by atoms with Gasteiger partial charge in [-0.15, -0.1) is 0 Å². The van der Waals surface area contributed by atoms with E-state index >= 15 is 0 Å². The number of carbonyl (C=O) groups excluding carboxylic acids is 4. The standard InChI is InChI=1S/C36H40N2O11/c1-35(2)27-21-25(48-33(42)15-13-31(40)46-19-17-44-5)9-10-28(27)38(3)36(35)22-37-34-26-20-24(8-6-23(26)7-11-29(34)49-36)47-32(41)14-12-30(39)45-18-16-43-4/h6-11,20-22H,12-19H2,1-5H3. The lowest BCUT2D eigenvalue weighted by atomic mass is 9.77. The molecule has 2 heterocycles. The van der Waals surface area contributed by atoms with Crippen molar-refractivity contribution >= 4 is 52.2 Å². The lowest BCUT2D eigenvalue weighted by Gasteiger charge is -2.45. The number of hydrogen-bond donors (Lipinski definition) is 0. The van der Waals surface area contributed by atoms with Crippen LogP contribution in [0.2, 0.25) is 0 Å². The van der Waals surface area contributed by atoms with E-state index in [1.807, 2.05) is 56.1 Å². The van der Waals surface area contributed by atoms with Crippen LogP contribution in [0.15, 0.2) is 53.5 Å². The number of esters is 4. The summed E-state index contributed by atoms with van der Waals surface area (Å²) in [6.07, 6.45) is 1.31. The predicted octanol–water partition coefficient (Wildman–Crippen LogP) is 4.81. The number of carbonyl (C=O) groups is 4. The van der Waals surface area contributed by atoms with E-state index in [0.717, 1.165) is 22.0 Å². The average Bonchev–Trinajstić information content (AvgIpc) is 3.23. The quantitative estimate of drug-likeness (QED) is 0.131. The van der Waals surface area contributed by atoms with Crippen LogP contribution in [-0.4, -0.2) is 83.5 Å². The van der Waals surface area contributed by atoms with Gasteiger partial charge in [0.2, 0.25) is 5.72 Å². The van der Waals surface area contributed by atoms with Gasteiger partial charge >= 0.3 is 23.9 Å². The monoisotopic (exact) mass is 676 g/mol. The second kappa shape index (κ2) is 15.0. The molecule has 0 radical (unpaired) electrons. The fourth-order valence-corrected chi connectivity index (χ4v) is 5.89. The molecule has 0 amide bonds. The van der Waals surface area contributed by atoms with Crippen LogP contribution in [0.1, 0.15) is 45.1 Å². The molecular formula is C36H40N2O11. The Balaban J connectivity index is 1.29. The Morgan fingerprint density at radius 2 is 1.29 bits per heavy atom. The molecule has 13 nitrogen and oxygen atoms in total. The number of nitrogens with zero attached hydrogens (tertiary/aromatic N) is 2. The largest absolute Gasteiger partial charge is 0.463 e. The molecule has 0 N–H and O–H groups in total. The number of hydrogen-bond acceptors (Lipinski definition) is 13. The van der Waals surface area contributed by atoms with Crippen LogP contribution in [0.3, 0.4) is 0 Å². The van der Waals surface area contributed by atoms with Crippen molar-refractivity contribution < 1.29 is 52.3 Å². The maximum Gasteiger partial charge on any atom is 0.311 e. The Kier molecular flexibility index (Phi) is 10.8. The van der Waals surface area contributed by atoms with Gasteiger partial charge in [0.25, 0.3) is 0 Å². The number of likely N-dealkylation sites (N-methyl/N-ethyl adjacent to an activating group) is 1. The molecule has 0 bridgehead atoms. The third kappa shape index (κ3) is 7.52. The lowest BCUT2D eigenvalue weighted by molar-refractivity contribution is -0.148. The number of fused-ring (bicyclic) bond motifs is 4. The van der Waals surface area contributed by atoms with Crippen LogP contribution in [0.5, 0.6) is 17.2 Å². The van der Waals surface area contributed by atoms with E-state index in [-0.39, 0.29) is 52.1 Å². The molecule has 260 valence electrons. The molecule has 13 heteroatoms. The van der Waals surface area contributed by atoms with Gasteiger partial charge in [0, 0.05) is 32.3 Å². The van der Waals surface area contributed by atoms with Crippen LogP contribution in [0.25, 0.3) is 10.8 Å². The van der Waals surface area contributed by atoms with Gasteiger partial charge < -0.3 is 38.1 Å². The normalized spacial score (nSPS) is 16.9. The third-order valence-corrected chi connectivity index (χ3v) is 8.59. The van der Waals surface area contributed by atoms with Crippen molar-refractivity contribution in [1.82, 2.24) is 0 Å². The summed E-state index contributed by atoms with van der Waals surface area (Å²) in [6.45, 7) is 4.86. The summed E-state index contributed by atoms with van der Waals surface area (Å²) in [5.74, 6) is -0.930. The number of rotatable bonds is 14. The minimum Gasteiger partial charge on any atom is -0.463 e. The van der Waals surface area contributed by atoms with E-state index in [1.54, 1.807) is 24.4 Å². The molecule has 3 aromatic carbocycles.